The Morgan fingerprint density at radius 1 is 0.478 bits per heavy atom. The third-order valence-corrected chi connectivity index (χ3v) is 13.8. The van der Waals surface area contributed by atoms with E-state index >= 15 is 0 Å². The van der Waals surface area contributed by atoms with Gasteiger partial charge in [0.25, 0.3) is 17.7 Å². The molecule has 0 saturated carbocycles. The van der Waals surface area contributed by atoms with Crippen LogP contribution in [0.5, 0.6) is 0 Å². The van der Waals surface area contributed by atoms with Gasteiger partial charge in [0.15, 0.2) is 5.95 Å². The van der Waals surface area contributed by atoms with Crippen LogP contribution < -0.4 is 27.4 Å². The fourth-order valence-corrected chi connectivity index (χ4v) is 8.75. The summed E-state index contributed by atoms with van der Waals surface area (Å²) in [5.41, 5.74) is 20.8. The number of halogens is 1. The van der Waals surface area contributed by atoms with E-state index in [1.807, 2.05) is 124 Å². The van der Waals surface area contributed by atoms with E-state index in [1.165, 1.54) is 30.7 Å². The SMILES string of the molecule is CCCBr.CCCn1c(NC(=O)c2cccc(C#N)c2)nc2ccccc21.CCCn1c(NC(=O)c2cccc(C(N)=O)c2)nc2ccccc21.N#Cc1cccc(C(=O)Nc2nc3ccccc3[nH]2)c1.N#Cc1cccc(C(=O)O)c1.Nc1nc2ccccc2[nH]1. The predicted octanol–water partition coefficient (Wildman–Crippen LogP) is 13.2. The second kappa shape index (κ2) is 33.8. The molecule has 22 nitrogen and oxygen atoms in total. The molecule has 4 aromatic heterocycles. The Bertz CT molecular complexity index is 4610. The van der Waals surface area contributed by atoms with Gasteiger partial charge in [-0.05, 0) is 141 Å². The lowest BCUT2D eigenvalue weighted by Gasteiger charge is -2.09. The van der Waals surface area contributed by atoms with Crippen molar-refractivity contribution in [2.75, 3.05) is 27.0 Å². The Labute approximate surface area is 537 Å². The third-order valence-electron chi connectivity index (χ3n) is 13.0. The van der Waals surface area contributed by atoms with Gasteiger partial charge in [0.2, 0.25) is 23.8 Å². The second-order valence-corrected chi connectivity index (χ2v) is 20.6. The van der Waals surface area contributed by atoms with E-state index in [9.17, 15) is 24.0 Å². The number of nitrogen functional groups attached to an aromatic ring is 1. The Balaban J connectivity index is 0.000000166. The molecule has 8 aromatic carbocycles. The number of hydrogen-bond acceptors (Lipinski definition) is 13. The molecule has 0 radical (unpaired) electrons. The number of H-pyrrole nitrogens is 2. The number of nitriles is 3. The highest BCUT2D eigenvalue weighted by molar-refractivity contribution is 9.09. The number of alkyl halides is 1. The molecule has 12 rings (SSSR count). The molecular weight excluding hydrogens is 1230 g/mol. The van der Waals surface area contributed by atoms with Gasteiger partial charge in [0.05, 0.1) is 84.6 Å². The summed E-state index contributed by atoms with van der Waals surface area (Å²) in [6.07, 6.45) is 3.09. The number of carboxylic acid groups (broad SMARTS) is 1. The number of primary amides is 1. The summed E-state index contributed by atoms with van der Waals surface area (Å²) in [7, 11) is 0. The zero-order valence-corrected chi connectivity index (χ0v) is 51.8. The number of hydrogen-bond donors (Lipinski definition) is 8. The maximum absolute atomic E-state index is 12.5. The van der Waals surface area contributed by atoms with Gasteiger partial charge in [0.1, 0.15) is 0 Å². The number of carboxylic acids is 1. The Morgan fingerprint density at radius 3 is 1.28 bits per heavy atom. The van der Waals surface area contributed by atoms with Crippen molar-refractivity contribution in [2.24, 2.45) is 5.73 Å². The summed E-state index contributed by atoms with van der Waals surface area (Å²) in [4.78, 5) is 81.9. The molecule has 0 fully saturated rings. The number of amides is 4. The number of aryl methyl sites for hydroxylation is 2. The number of rotatable bonds is 13. The van der Waals surface area contributed by atoms with Crippen molar-refractivity contribution in [2.45, 2.75) is 53.1 Å². The first-order chi connectivity index (χ1) is 44.6. The minimum absolute atomic E-state index is 0.143. The molecule has 23 heteroatoms. The van der Waals surface area contributed by atoms with Gasteiger partial charge in [-0.1, -0.05) is 109 Å². The lowest BCUT2D eigenvalue weighted by molar-refractivity contribution is 0.0695. The fourth-order valence-electron chi connectivity index (χ4n) is 8.75. The topological polar surface area (TPSA) is 358 Å². The third kappa shape index (κ3) is 18.6. The van der Waals surface area contributed by atoms with E-state index in [1.54, 1.807) is 72.8 Å². The van der Waals surface area contributed by atoms with E-state index in [0.717, 1.165) is 75.4 Å². The molecule has 0 saturated heterocycles. The molecule has 10 N–H and O–H groups in total. The first-order valence-electron chi connectivity index (χ1n) is 28.8. The summed E-state index contributed by atoms with van der Waals surface area (Å²) < 4.78 is 3.98. The molecule has 0 aliphatic carbocycles. The van der Waals surface area contributed by atoms with Crippen molar-refractivity contribution in [3.8, 4) is 18.2 Å². The molecule has 92 heavy (non-hydrogen) atoms. The standard InChI is InChI=1S/C18H18N4O2.C18H16N4O.C15H10N4O.C8H5NO2.C7H7N3.C3H7Br/c1-2-10-22-15-9-4-3-8-14(15)20-18(22)21-17(24)13-7-5-6-12(11-13)16(19)23;1-2-10-22-16-9-4-3-8-15(16)20-18(22)21-17(23)14-7-5-6-13(11-14)12-19;16-9-10-4-3-5-11(8-10)14(20)19-15-17-12-6-1-2-7-13(12)18-15;9-5-6-2-1-3-7(4-6)8(10)11;8-7-9-5-3-1-2-4-6(5)10-7;1-2-3-4/h3-9,11H,2,10H2,1H3,(H2,19,23)(H,20,21,24);3-9,11H,2,10H2,1H3,(H,20,21,23);1-8H,(H2,17,18,19,20);1-4H,(H,10,11);1-4H,(H3,8,9,10);2-3H2,1H3. The number of nitrogens with zero attached hydrogens (tertiary/aromatic N) is 9. The molecule has 0 spiro atoms. The number of anilines is 4. The van der Waals surface area contributed by atoms with Gasteiger partial charge in [0, 0.05) is 40.7 Å². The zero-order chi connectivity index (χ0) is 65.9. The lowest BCUT2D eigenvalue weighted by Crippen LogP contribution is -2.17. The summed E-state index contributed by atoms with van der Waals surface area (Å²) in [6.45, 7) is 7.80. The van der Waals surface area contributed by atoms with E-state index in [-0.39, 0.29) is 23.3 Å². The summed E-state index contributed by atoms with van der Waals surface area (Å²) in [5.74, 6) is -0.598. The number of imidazole rings is 4. The molecular formula is C69H63BrN16O6. The number of benzene rings is 8. The van der Waals surface area contributed by atoms with Gasteiger partial charge >= 0.3 is 5.97 Å². The van der Waals surface area contributed by atoms with Crippen molar-refractivity contribution >= 4 is 113 Å². The van der Waals surface area contributed by atoms with Crippen LogP contribution in [0.3, 0.4) is 0 Å². The van der Waals surface area contributed by atoms with Crippen molar-refractivity contribution < 1.29 is 29.1 Å². The van der Waals surface area contributed by atoms with Gasteiger partial charge < -0.3 is 35.7 Å². The number of para-hydroxylation sites is 8. The number of carbonyl (C=O) groups is 5. The Morgan fingerprint density at radius 2 is 0.859 bits per heavy atom. The van der Waals surface area contributed by atoms with Crippen LogP contribution >= 0.6 is 15.9 Å². The molecule has 0 aliphatic heterocycles. The van der Waals surface area contributed by atoms with E-state index in [2.05, 4.69) is 82.6 Å². The monoisotopic (exact) mass is 1290 g/mol. The van der Waals surface area contributed by atoms with Crippen LogP contribution in [-0.4, -0.2) is 79.1 Å². The zero-order valence-electron chi connectivity index (χ0n) is 50.3. The van der Waals surface area contributed by atoms with Crippen LogP contribution in [0.1, 0.15) is 109 Å². The number of nitrogens with one attached hydrogen (secondary N) is 5. The van der Waals surface area contributed by atoms with Gasteiger partial charge in [-0.25, -0.2) is 24.7 Å². The molecule has 0 unspecified atom stereocenters. The molecule has 0 atom stereocenters. The maximum atomic E-state index is 12.5. The van der Waals surface area contributed by atoms with Crippen molar-refractivity contribution in [3.05, 3.63) is 239 Å². The number of aromatic amines is 2. The van der Waals surface area contributed by atoms with Crippen LogP contribution in [0.4, 0.5) is 23.8 Å². The van der Waals surface area contributed by atoms with Crippen LogP contribution in [0, 0.1) is 34.0 Å². The molecule has 0 aliphatic rings. The minimum Gasteiger partial charge on any atom is -0.478 e. The lowest BCUT2D eigenvalue weighted by atomic mass is 10.1. The van der Waals surface area contributed by atoms with E-state index < -0.39 is 11.9 Å². The molecule has 0 bridgehead atoms. The smallest absolute Gasteiger partial charge is 0.335 e. The minimum atomic E-state index is -1.01. The largest absolute Gasteiger partial charge is 0.478 e. The van der Waals surface area contributed by atoms with Crippen LogP contribution in [0.2, 0.25) is 0 Å². The van der Waals surface area contributed by atoms with Crippen LogP contribution in [0.25, 0.3) is 44.1 Å². The number of nitrogens with two attached hydrogens (primary N) is 2. The second-order valence-electron chi connectivity index (χ2n) is 19.8. The normalized spacial score (nSPS) is 10.1. The van der Waals surface area contributed by atoms with Crippen LogP contribution in [-0.2, 0) is 13.1 Å². The van der Waals surface area contributed by atoms with E-state index in [4.69, 9.17) is 32.4 Å². The molecule has 4 heterocycles. The summed E-state index contributed by atoms with van der Waals surface area (Å²) >= 11 is 3.25. The number of aromatic carboxylic acids is 1. The van der Waals surface area contributed by atoms with Crippen molar-refractivity contribution in [1.82, 2.24) is 39.0 Å². The summed E-state index contributed by atoms with van der Waals surface area (Å²) in [5, 5.41) is 44.2. The maximum Gasteiger partial charge on any atom is 0.335 e. The van der Waals surface area contributed by atoms with Gasteiger partial charge in [-0.2, -0.15) is 15.8 Å². The number of carbonyl (C=O) groups excluding carboxylic acids is 4. The average molecular weight is 1290 g/mol. The van der Waals surface area contributed by atoms with Gasteiger partial charge in [-0.3, -0.25) is 35.1 Å². The van der Waals surface area contributed by atoms with Crippen molar-refractivity contribution in [3.63, 3.8) is 0 Å². The van der Waals surface area contributed by atoms with Crippen molar-refractivity contribution in [1.29, 1.82) is 15.8 Å². The summed E-state index contributed by atoms with van der Waals surface area (Å²) in [6, 6.07) is 62.0. The van der Waals surface area contributed by atoms with Crippen LogP contribution in [0.15, 0.2) is 194 Å². The molecule has 462 valence electrons. The number of aromatic nitrogens is 8. The molecule has 12 aromatic rings. The predicted molar refractivity (Wildman–Crippen MR) is 360 cm³/mol. The first kappa shape index (κ1) is 67.3. The number of fused-ring (bicyclic) bond motifs is 4. The first-order valence-corrected chi connectivity index (χ1v) is 29.9. The Hall–Kier alpha value is -12.3. The quantitative estimate of drug-likeness (QED) is 0.0498. The van der Waals surface area contributed by atoms with Gasteiger partial charge in [-0.15, -0.1) is 0 Å². The average Bonchev–Trinajstić information content (AvgIpc) is 1.68. The molecule has 4 amide bonds. The highest BCUT2D eigenvalue weighted by atomic mass is 79.9. The van der Waals surface area contributed by atoms with E-state index in [0.29, 0.717) is 62.7 Å². The fraction of sp³-hybridized carbons (Fsp3) is 0.130. The Kier molecular flexibility index (Phi) is 24.7. The highest BCUT2D eigenvalue weighted by Gasteiger charge is 2.17. The highest BCUT2D eigenvalue weighted by Crippen LogP contribution is 2.23.